The highest BCUT2D eigenvalue weighted by Gasteiger charge is 2.34. The van der Waals surface area contributed by atoms with Gasteiger partial charge in [-0.2, -0.15) is 0 Å². The minimum absolute atomic E-state index is 0.0161. The van der Waals surface area contributed by atoms with Crippen LogP contribution in [0.5, 0.6) is 0 Å². The molecule has 2 heterocycles. The predicted octanol–water partition coefficient (Wildman–Crippen LogP) is 5.35. The number of carbonyl (C=O) groups excluding carboxylic acids is 2. The number of aryl methyl sites for hydroxylation is 1. The zero-order valence-electron chi connectivity index (χ0n) is 18.7. The molecule has 0 aliphatic carbocycles. The third kappa shape index (κ3) is 5.12. The molecule has 30 heavy (non-hydrogen) atoms. The van der Waals surface area contributed by atoms with Crippen molar-refractivity contribution >= 4 is 23.2 Å². The van der Waals surface area contributed by atoms with Gasteiger partial charge in [-0.1, -0.05) is 49.6 Å². The molecule has 0 saturated heterocycles. The highest BCUT2D eigenvalue weighted by atomic mass is 32.1. The Morgan fingerprint density at radius 3 is 2.57 bits per heavy atom. The van der Waals surface area contributed by atoms with Crippen LogP contribution in [0.3, 0.4) is 0 Å². The van der Waals surface area contributed by atoms with E-state index in [1.54, 1.807) is 16.2 Å². The lowest BCUT2D eigenvalue weighted by atomic mass is 9.92. The van der Waals surface area contributed by atoms with Crippen molar-refractivity contribution in [2.75, 3.05) is 13.1 Å². The predicted molar refractivity (Wildman–Crippen MR) is 124 cm³/mol. The second kappa shape index (κ2) is 10.3. The number of thiophene rings is 1. The van der Waals surface area contributed by atoms with Crippen LogP contribution < -0.4 is 0 Å². The minimum Gasteiger partial charge on any atom is -0.331 e. The number of rotatable bonds is 8. The van der Waals surface area contributed by atoms with Crippen molar-refractivity contribution in [3.8, 4) is 0 Å². The molecular formula is C25H34N2O2S. The largest absolute Gasteiger partial charge is 0.331 e. The molecule has 0 spiro atoms. The molecule has 0 radical (unpaired) electrons. The first-order valence-corrected chi connectivity index (χ1v) is 12.0. The molecule has 0 N–H and O–H groups in total. The van der Waals surface area contributed by atoms with E-state index in [0.717, 1.165) is 31.2 Å². The Bertz CT molecular complexity index is 856. The van der Waals surface area contributed by atoms with Gasteiger partial charge in [0.1, 0.15) is 6.54 Å². The van der Waals surface area contributed by atoms with E-state index in [1.807, 2.05) is 18.7 Å². The lowest BCUT2D eigenvalue weighted by Crippen LogP contribution is -2.48. The smallest absolute Gasteiger partial charge is 0.243 e. The van der Waals surface area contributed by atoms with Crippen LogP contribution in [-0.2, 0) is 16.0 Å². The molecule has 1 unspecified atom stereocenters. The summed E-state index contributed by atoms with van der Waals surface area (Å²) >= 11 is 1.77. The van der Waals surface area contributed by atoms with Crippen LogP contribution in [0.2, 0.25) is 0 Å². The molecule has 1 atom stereocenters. The fraction of sp³-hybridized carbons (Fsp3) is 0.520. The molecule has 3 rings (SSSR count). The Balaban J connectivity index is 1.82. The van der Waals surface area contributed by atoms with E-state index in [-0.39, 0.29) is 30.4 Å². The van der Waals surface area contributed by atoms with E-state index in [9.17, 15) is 9.59 Å². The SMILES string of the molecule is CCCCCC(=O)N(CC(=O)N1CCc2sccc2C1c1ccc(C)cc1)C(C)C. The Kier molecular flexibility index (Phi) is 7.70. The van der Waals surface area contributed by atoms with Crippen LogP contribution in [-0.4, -0.2) is 40.7 Å². The van der Waals surface area contributed by atoms with Gasteiger partial charge in [0.15, 0.2) is 0 Å². The van der Waals surface area contributed by atoms with E-state index in [0.29, 0.717) is 13.0 Å². The van der Waals surface area contributed by atoms with Crippen molar-refractivity contribution in [1.29, 1.82) is 0 Å². The molecule has 0 fully saturated rings. The topological polar surface area (TPSA) is 40.6 Å². The summed E-state index contributed by atoms with van der Waals surface area (Å²) in [4.78, 5) is 31.3. The van der Waals surface area contributed by atoms with Crippen LogP contribution in [0.25, 0.3) is 0 Å². The highest BCUT2D eigenvalue weighted by Crippen LogP contribution is 2.38. The third-order valence-electron chi connectivity index (χ3n) is 5.92. The molecule has 0 saturated carbocycles. The molecule has 1 aromatic carbocycles. The van der Waals surface area contributed by atoms with Gasteiger partial charge in [-0.05, 0) is 56.2 Å². The van der Waals surface area contributed by atoms with Gasteiger partial charge in [0, 0.05) is 23.9 Å². The summed E-state index contributed by atoms with van der Waals surface area (Å²) in [6, 6.07) is 10.6. The zero-order chi connectivity index (χ0) is 21.7. The van der Waals surface area contributed by atoms with E-state index in [1.165, 1.54) is 16.0 Å². The normalized spacial score (nSPS) is 15.9. The molecule has 1 aliphatic heterocycles. The quantitative estimate of drug-likeness (QED) is 0.534. The highest BCUT2D eigenvalue weighted by molar-refractivity contribution is 7.10. The van der Waals surface area contributed by atoms with Crippen LogP contribution in [0.4, 0.5) is 0 Å². The number of nitrogens with zero attached hydrogens (tertiary/aromatic N) is 2. The average Bonchev–Trinajstić information content (AvgIpc) is 3.20. The number of hydrogen-bond acceptors (Lipinski definition) is 3. The van der Waals surface area contributed by atoms with Crippen molar-refractivity contribution in [3.05, 3.63) is 57.3 Å². The van der Waals surface area contributed by atoms with Gasteiger partial charge in [0.25, 0.3) is 0 Å². The van der Waals surface area contributed by atoms with E-state index in [4.69, 9.17) is 0 Å². The Hall–Kier alpha value is -2.14. The summed E-state index contributed by atoms with van der Waals surface area (Å²) < 4.78 is 0. The molecule has 1 aliphatic rings. The molecule has 4 nitrogen and oxygen atoms in total. The first kappa shape index (κ1) is 22.5. The van der Waals surface area contributed by atoms with Gasteiger partial charge >= 0.3 is 0 Å². The van der Waals surface area contributed by atoms with Gasteiger partial charge < -0.3 is 9.80 Å². The maximum absolute atomic E-state index is 13.5. The number of fused-ring (bicyclic) bond motifs is 1. The van der Waals surface area contributed by atoms with E-state index < -0.39 is 0 Å². The summed E-state index contributed by atoms with van der Waals surface area (Å²) in [5.74, 6) is 0.127. The van der Waals surface area contributed by atoms with Gasteiger partial charge in [-0.25, -0.2) is 0 Å². The van der Waals surface area contributed by atoms with Crippen LogP contribution in [0.1, 0.15) is 74.1 Å². The van der Waals surface area contributed by atoms with Crippen molar-refractivity contribution in [2.45, 2.75) is 71.9 Å². The second-order valence-electron chi connectivity index (χ2n) is 8.52. The molecule has 162 valence electrons. The van der Waals surface area contributed by atoms with Gasteiger partial charge in [0.05, 0.1) is 6.04 Å². The standard InChI is InChI=1S/C25H34N2O2S/c1-5-6-7-8-23(28)27(18(2)3)17-24(29)26-15-13-22-21(14-16-30-22)25(26)20-11-9-19(4)10-12-20/h9-12,14,16,18,25H,5-8,13,15,17H2,1-4H3. The van der Waals surface area contributed by atoms with E-state index >= 15 is 0 Å². The maximum Gasteiger partial charge on any atom is 0.243 e. The average molecular weight is 427 g/mol. The molecule has 2 amide bonds. The lowest BCUT2D eigenvalue weighted by molar-refractivity contribution is -0.143. The van der Waals surface area contributed by atoms with Crippen LogP contribution in [0, 0.1) is 6.92 Å². The number of benzene rings is 1. The summed E-state index contributed by atoms with van der Waals surface area (Å²) in [5.41, 5.74) is 3.58. The van der Waals surface area contributed by atoms with Crippen molar-refractivity contribution in [3.63, 3.8) is 0 Å². The maximum atomic E-state index is 13.5. The second-order valence-corrected chi connectivity index (χ2v) is 9.52. The van der Waals surface area contributed by atoms with Gasteiger partial charge in [-0.3, -0.25) is 9.59 Å². The third-order valence-corrected chi connectivity index (χ3v) is 6.92. The Morgan fingerprint density at radius 2 is 1.90 bits per heavy atom. The van der Waals surface area contributed by atoms with Crippen molar-refractivity contribution < 1.29 is 9.59 Å². The zero-order valence-corrected chi connectivity index (χ0v) is 19.5. The fourth-order valence-corrected chi connectivity index (χ4v) is 5.06. The number of amides is 2. The van der Waals surface area contributed by atoms with Gasteiger partial charge in [-0.15, -0.1) is 11.3 Å². The Labute approximate surface area is 184 Å². The molecule has 1 aromatic heterocycles. The summed E-state index contributed by atoms with van der Waals surface area (Å²) in [6.07, 6.45) is 4.43. The number of carbonyl (C=O) groups is 2. The summed E-state index contributed by atoms with van der Waals surface area (Å²) in [7, 11) is 0. The first-order chi connectivity index (χ1) is 14.4. The minimum atomic E-state index is -0.0719. The first-order valence-electron chi connectivity index (χ1n) is 11.1. The molecule has 5 heteroatoms. The van der Waals surface area contributed by atoms with Crippen molar-refractivity contribution in [2.24, 2.45) is 0 Å². The number of hydrogen-bond donors (Lipinski definition) is 0. The molecule has 0 bridgehead atoms. The van der Waals surface area contributed by atoms with E-state index in [2.05, 4.69) is 49.6 Å². The Morgan fingerprint density at radius 1 is 1.17 bits per heavy atom. The summed E-state index contributed by atoms with van der Waals surface area (Å²) in [5, 5.41) is 2.12. The van der Waals surface area contributed by atoms with Crippen molar-refractivity contribution in [1.82, 2.24) is 9.80 Å². The lowest BCUT2D eigenvalue weighted by Gasteiger charge is -2.38. The molecule has 2 aromatic rings. The molecular weight excluding hydrogens is 392 g/mol. The van der Waals surface area contributed by atoms with Crippen LogP contribution >= 0.6 is 11.3 Å². The monoisotopic (exact) mass is 426 g/mol. The number of unbranched alkanes of at least 4 members (excludes halogenated alkanes) is 2. The van der Waals surface area contributed by atoms with Gasteiger partial charge in [0.2, 0.25) is 11.8 Å². The summed E-state index contributed by atoms with van der Waals surface area (Å²) in [6.45, 7) is 9.05. The fourth-order valence-electron chi connectivity index (χ4n) is 4.16. The van der Waals surface area contributed by atoms with Crippen LogP contribution in [0.15, 0.2) is 35.7 Å².